The summed E-state index contributed by atoms with van der Waals surface area (Å²) in [7, 11) is 0. The maximum Gasteiger partial charge on any atom is 0.143 e. The molecule has 0 spiro atoms. The summed E-state index contributed by atoms with van der Waals surface area (Å²) in [6.07, 6.45) is 0. The Balaban J connectivity index is 1.19. The highest BCUT2D eigenvalue weighted by Gasteiger charge is 2.26. The second-order valence-electron chi connectivity index (χ2n) is 15.7. The topological polar surface area (TPSA) is 21.3 Å². The van der Waals surface area contributed by atoms with Crippen molar-refractivity contribution in [2.45, 2.75) is 0 Å². The van der Waals surface area contributed by atoms with Crippen LogP contribution in [0.3, 0.4) is 0 Å². The Kier molecular flexibility index (Phi) is 8.17. The summed E-state index contributed by atoms with van der Waals surface area (Å²) in [5.74, 6) is 0. The number of hydrogen-bond acceptors (Lipinski definition) is 2. The Labute approximate surface area is 353 Å². The number of furan rings is 1. The SMILES string of the molecule is c1ccc(-c2ccc(-c3ccc4ccccc4c3)cc2N(c2ccccc2-c2cccc3c2oc2ccccc23)c2ccccc2-n2c3ccccc3c3ccccc32)cc1. The van der Waals surface area contributed by atoms with Crippen LogP contribution >= 0.6 is 0 Å². The highest BCUT2D eigenvalue weighted by Crippen LogP contribution is 2.50. The molecule has 2 aromatic heterocycles. The number of fused-ring (bicyclic) bond motifs is 7. The van der Waals surface area contributed by atoms with Gasteiger partial charge in [-0.05, 0) is 76.0 Å². The van der Waals surface area contributed by atoms with Crippen LogP contribution in [0.25, 0.3) is 93.6 Å². The first-order chi connectivity index (χ1) is 30.3. The molecule has 12 aromatic rings. The molecular formula is C58H38N2O. The van der Waals surface area contributed by atoms with E-state index in [9.17, 15) is 0 Å². The molecule has 286 valence electrons. The molecule has 0 aliphatic rings. The summed E-state index contributed by atoms with van der Waals surface area (Å²) < 4.78 is 9.18. The van der Waals surface area contributed by atoms with Crippen molar-refractivity contribution in [2.75, 3.05) is 4.90 Å². The van der Waals surface area contributed by atoms with Crippen molar-refractivity contribution >= 4 is 71.6 Å². The predicted molar refractivity (Wildman–Crippen MR) is 257 cm³/mol. The Bertz CT molecular complexity index is 3560. The lowest BCUT2D eigenvalue weighted by Gasteiger charge is -2.32. The van der Waals surface area contributed by atoms with Crippen LogP contribution in [0.1, 0.15) is 0 Å². The van der Waals surface area contributed by atoms with Crippen molar-refractivity contribution in [3.05, 3.63) is 231 Å². The monoisotopic (exact) mass is 778 g/mol. The van der Waals surface area contributed by atoms with Crippen LogP contribution in [0, 0.1) is 0 Å². The molecule has 10 aromatic carbocycles. The van der Waals surface area contributed by atoms with E-state index in [1.54, 1.807) is 0 Å². The van der Waals surface area contributed by atoms with Crippen LogP contribution in [0.15, 0.2) is 235 Å². The Morgan fingerprint density at radius 2 is 0.918 bits per heavy atom. The van der Waals surface area contributed by atoms with Gasteiger partial charge in [-0.2, -0.15) is 0 Å². The average Bonchev–Trinajstić information content (AvgIpc) is 3.88. The van der Waals surface area contributed by atoms with E-state index < -0.39 is 0 Å². The zero-order chi connectivity index (χ0) is 40.3. The molecule has 0 aliphatic heterocycles. The van der Waals surface area contributed by atoms with Gasteiger partial charge in [0.25, 0.3) is 0 Å². The van der Waals surface area contributed by atoms with Gasteiger partial charge < -0.3 is 13.9 Å². The maximum atomic E-state index is 6.75. The first kappa shape index (κ1) is 34.9. The molecule has 3 heteroatoms. The van der Waals surface area contributed by atoms with E-state index in [4.69, 9.17) is 4.42 Å². The predicted octanol–water partition coefficient (Wildman–Crippen LogP) is 16.3. The molecule has 0 saturated carbocycles. The van der Waals surface area contributed by atoms with Gasteiger partial charge >= 0.3 is 0 Å². The minimum Gasteiger partial charge on any atom is -0.455 e. The van der Waals surface area contributed by atoms with Gasteiger partial charge in [-0.1, -0.05) is 182 Å². The minimum atomic E-state index is 0.875. The van der Waals surface area contributed by atoms with Crippen LogP contribution in [0.2, 0.25) is 0 Å². The second-order valence-corrected chi connectivity index (χ2v) is 15.7. The van der Waals surface area contributed by atoms with Gasteiger partial charge in [-0.15, -0.1) is 0 Å². The van der Waals surface area contributed by atoms with E-state index in [1.807, 2.05) is 6.07 Å². The number of aromatic nitrogens is 1. The van der Waals surface area contributed by atoms with Gasteiger partial charge in [-0.25, -0.2) is 0 Å². The minimum absolute atomic E-state index is 0.875. The fraction of sp³-hybridized carbons (Fsp3) is 0. The third kappa shape index (κ3) is 5.74. The number of hydrogen-bond donors (Lipinski definition) is 0. The molecule has 0 bridgehead atoms. The molecule has 0 radical (unpaired) electrons. The molecule has 0 saturated heterocycles. The first-order valence-electron chi connectivity index (χ1n) is 20.8. The van der Waals surface area contributed by atoms with E-state index in [0.29, 0.717) is 0 Å². The summed E-state index contributed by atoms with van der Waals surface area (Å²) in [4.78, 5) is 2.49. The normalized spacial score (nSPS) is 11.6. The van der Waals surface area contributed by atoms with Crippen molar-refractivity contribution in [2.24, 2.45) is 0 Å². The molecule has 12 rings (SSSR count). The Morgan fingerprint density at radius 1 is 0.328 bits per heavy atom. The van der Waals surface area contributed by atoms with E-state index in [0.717, 1.165) is 89.1 Å². The molecule has 0 fully saturated rings. The van der Waals surface area contributed by atoms with Crippen molar-refractivity contribution in [1.82, 2.24) is 4.57 Å². The summed E-state index contributed by atoms with van der Waals surface area (Å²) in [5.41, 5.74) is 15.0. The zero-order valence-electron chi connectivity index (χ0n) is 33.2. The number of anilines is 3. The van der Waals surface area contributed by atoms with E-state index in [1.165, 1.54) is 21.5 Å². The highest BCUT2D eigenvalue weighted by atomic mass is 16.3. The Hall–Kier alpha value is -8.14. The standard InChI is InChI=1S/C58H38N2O/c1-2-18-40(19-3-1)44-36-35-43(42-34-33-39-17-4-5-20-41(39)37-42)38-56(44)60(53-29-12-8-23-47(53)49-25-16-26-50-48-24-9-15-32-57(48)61-58(49)50)55-31-14-13-30-54(55)59-51-27-10-6-21-45(51)46-22-7-11-28-52(46)59/h1-38H. The van der Waals surface area contributed by atoms with Crippen LogP contribution in [0.5, 0.6) is 0 Å². The van der Waals surface area contributed by atoms with Crippen LogP contribution in [-0.2, 0) is 0 Å². The van der Waals surface area contributed by atoms with Crippen molar-refractivity contribution in [3.8, 4) is 39.1 Å². The lowest BCUT2D eigenvalue weighted by Crippen LogP contribution is -2.15. The number of benzene rings is 10. The molecule has 2 heterocycles. The third-order valence-electron chi connectivity index (χ3n) is 12.2. The number of rotatable bonds is 7. The lowest BCUT2D eigenvalue weighted by atomic mass is 9.94. The van der Waals surface area contributed by atoms with Gasteiger partial charge in [0.2, 0.25) is 0 Å². The molecule has 61 heavy (non-hydrogen) atoms. The van der Waals surface area contributed by atoms with Crippen LogP contribution < -0.4 is 4.90 Å². The van der Waals surface area contributed by atoms with E-state index >= 15 is 0 Å². The molecule has 0 atom stereocenters. The van der Waals surface area contributed by atoms with Crippen molar-refractivity contribution < 1.29 is 4.42 Å². The van der Waals surface area contributed by atoms with Crippen LogP contribution in [0.4, 0.5) is 17.1 Å². The summed E-state index contributed by atoms with van der Waals surface area (Å²) in [5, 5.41) is 7.09. The van der Waals surface area contributed by atoms with Gasteiger partial charge in [0.15, 0.2) is 0 Å². The van der Waals surface area contributed by atoms with Crippen molar-refractivity contribution in [1.29, 1.82) is 0 Å². The number of para-hydroxylation sites is 7. The molecule has 0 unspecified atom stereocenters. The maximum absolute atomic E-state index is 6.75. The van der Waals surface area contributed by atoms with Gasteiger partial charge in [0.05, 0.1) is 33.8 Å². The molecule has 3 nitrogen and oxygen atoms in total. The van der Waals surface area contributed by atoms with Crippen molar-refractivity contribution in [3.63, 3.8) is 0 Å². The molecule has 0 aliphatic carbocycles. The highest BCUT2D eigenvalue weighted by molar-refractivity contribution is 6.12. The largest absolute Gasteiger partial charge is 0.455 e. The molecule has 0 N–H and O–H groups in total. The average molecular weight is 779 g/mol. The lowest BCUT2D eigenvalue weighted by molar-refractivity contribution is 0.670. The summed E-state index contributed by atoms with van der Waals surface area (Å²) in [6.45, 7) is 0. The smallest absolute Gasteiger partial charge is 0.143 e. The first-order valence-corrected chi connectivity index (χ1v) is 20.8. The van der Waals surface area contributed by atoms with Gasteiger partial charge in [-0.3, -0.25) is 0 Å². The zero-order valence-corrected chi connectivity index (χ0v) is 33.2. The molecular weight excluding hydrogens is 741 g/mol. The quantitative estimate of drug-likeness (QED) is 0.161. The van der Waals surface area contributed by atoms with Crippen LogP contribution in [-0.4, -0.2) is 4.57 Å². The summed E-state index contributed by atoms with van der Waals surface area (Å²) >= 11 is 0. The van der Waals surface area contributed by atoms with E-state index in [-0.39, 0.29) is 0 Å². The fourth-order valence-corrected chi connectivity index (χ4v) is 9.40. The van der Waals surface area contributed by atoms with E-state index in [2.05, 4.69) is 234 Å². The Morgan fingerprint density at radius 3 is 1.74 bits per heavy atom. The summed E-state index contributed by atoms with van der Waals surface area (Å²) in [6, 6.07) is 83.1. The molecule has 0 amide bonds. The third-order valence-corrected chi connectivity index (χ3v) is 12.2. The fourth-order valence-electron chi connectivity index (χ4n) is 9.40. The van der Waals surface area contributed by atoms with Gasteiger partial charge in [0.1, 0.15) is 11.2 Å². The van der Waals surface area contributed by atoms with Gasteiger partial charge in [0, 0.05) is 38.2 Å². The number of nitrogens with zero attached hydrogens (tertiary/aromatic N) is 2. The second kappa shape index (κ2) is 14.3.